The Morgan fingerprint density at radius 2 is 1.95 bits per heavy atom. The lowest BCUT2D eigenvalue weighted by atomic mass is 9.89. The maximum atomic E-state index is 13.6. The van der Waals surface area contributed by atoms with Crippen LogP contribution in [0, 0.1) is 0 Å². The molecule has 116 valence electrons. The quantitative estimate of drug-likeness (QED) is 0.875. The second-order valence-corrected chi connectivity index (χ2v) is 5.50. The van der Waals surface area contributed by atoms with Gasteiger partial charge in [0, 0.05) is 23.5 Å². The van der Waals surface area contributed by atoms with E-state index in [2.05, 4.69) is 0 Å². The van der Waals surface area contributed by atoms with E-state index in [0.717, 1.165) is 6.92 Å². The molecule has 0 radical (unpaired) electrons. The predicted molar refractivity (Wildman–Crippen MR) is 72.3 cm³/mol. The third kappa shape index (κ3) is 2.94. The van der Waals surface area contributed by atoms with Crippen LogP contribution in [-0.4, -0.2) is 25.3 Å². The third-order valence-corrected chi connectivity index (χ3v) is 3.90. The van der Waals surface area contributed by atoms with Gasteiger partial charge < -0.3 is 14.6 Å². The molecule has 0 amide bonds. The maximum absolute atomic E-state index is 13.6. The summed E-state index contributed by atoms with van der Waals surface area (Å²) in [6.07, 6.45) is 1.17. The summed E-state index contributed by atoms with van der Waals surface area (Å²) in [5, 5.41) is 9.05. The van der Waals surface area contributed by atoms with E-state index < -0.39 is 17.3 Å². The molecule has 0 saturated heterocycles. The van der Waals surface area contributed by atoms with Crippen molar-refractivity contribution in [2.45, 2.75) is 37.5 Å². The van der Waals surface area contributed by atoms with Gasteiger partial charge in [0.05, 0.1) is 20.6 Å². The number of rotatable bonds is 6. The highest BCUT2D eigenvalue weighted by Gasteiger charge is 2.49. The van der Waals surface area contributed by atoms with Crippen molar-refractivity contribution in [2.24, 2.45) is 0 Å². The molecule has 2 rings (SSSR count). The van der Waals surface area contributed by atoms with Gasteiger partial charge >= 0.3 is 5.97 Å². The van der Waals surface area contributed by atoms with E-state index in [1.54, 1.807) is 0 Å². The summed E-state index contributed by atoms with van der Waals surface area (Å²) in [7, 11) is 2.79. The summed E-state index contributed by atoms with van der Waals surface area (Å²) in [5.74, 6) is -3.46. The van der Waals surface area contributed by atoms with Crippen LogP contribution in [0.1, 0.15) is 37.3 Å². The van der Waals surface area contributed by atoms with Crippen LogP contribution in [0.3, 0.4) is 0 Å². The van der Waals surface area contributed by atoms with Crippen LogP contribution in [0.2, 0.25) is 0 Å². The molecule has 1 aromatic carbocycles. The Hall–Kier alpha value is -1.85. The Labute approximate surface area is 121 Å². The largest absolute Gasteiger partial charge is 0.493 e. The second kappa shape index (κ2) is 5.16. The maximum Gasteiger partial charge on any atom is 0.304 e. The van der Waals surface area contributed by atoms with Crippen molar-refractivity contribution in [3.63, 3.8) is 0 Å². The van der Waals surface area contributed by atoms with E-state index in [4.69, 9.17) is 14.6 Å². The van der Waals surface area contributed by atoms with Crippen LogP contribution in [-0.2, 0) is 16.1 Å². The Bertz CT molecular complexity index is 560. The van der Waals surface area contributed by atoms with E-state index in [-0.39, 0.29) is 17.7 Å². The minimum Gasteiger partial charge on any atom is -0.493 e. The molecule has 0 spiro atoms. The zero-order chi connectivity index (χ0) is 15.8. The number of ether oxygens (including phenoxy) is 2. The second-order valence-electron chi connectivity index (χ2n) is 5.50. The standard InChI is InChI=1S/C15H18F2O4/c1-14(16,17)9-6-10(13(21-3)11(7-9)20-2)15(4-5-15)8-12(18)19/h6-7H,4-5,8H2,1-3H3,(H,18,19). The zero-order valence-corrected chi connectivity index (χ0v) is 12.2. The van der Waals surface area contributed by atoms with Crippen molar-refractivity contribution in [3.05, 3.63) is 23.3 Å². The Kier molecular flexibility index (Phi) is 3.82. The molecule has 1 saturated carbocycles. The number of carboxylic acids is 1. The molecule has 21 heavy (non-hydrogen) atoms. The summed E-state index contributed by atoms with van der Waals surface area (Å²) in [5.41, 5.74) is -0.346. The van der Waals surface area contributed by atoms with Crippen molar-refractivity contribution >= 4 is 5.97 Å². The molecule has 1 fully saturated rings. The van der Waals surface area contributed by atoms with Crippen molar-refractivity contribution in [1.82, 2.24) is 0 Å². The molecule has 0 bridgehead atoms. The summed E-state index contributed by atoms with van der Waals surface area (Å²) in [6.45, 7) is 0.800. The fraction of sp³-hybridized carbons (Fsp3) is 0.533. The van der Waals surface area contributed by atoms with Gasteiger partial charge in [-0.15, -0.1) is 0 Å². The molecule has 1 aliphatic rings. The van der Waals surface area contributed by atoms with Gasteiger partial charge in [0.2, 0.25) is 0 Å². The fourth-order valence-electron chi connectivity index (χ4n) is 2.59. The number of alkyl halides is 2. The van der Waals surface area contributed by atoms with Crippen LogP contribution in [0.5, 0.6) is 11.5 Å². The van der Waals surface area contributed by atoms with Gasteiger partial charge in [-0.2, -0.15) is 0 Å². The van der Waals surface area contributed by atoms with Gasteiger partial charge in [-0.1, -0.05) is 0 Å². The summed E-state index contributed by atoms with van der Waals surface area (Å²) < 4.78 is 37.7. The van der Waals surface area contributed by atoms with Crippen LogP contribution in [0.4, 0.5) is 8.78 Å². The summed E-state index contributed by atoms with van der Waals surface area (Å²) >= 11 is 0. The molecule has 0 unspecified atom stereocenters. The molecule has 6 heteroatoms. The molecule has 0 heterocycles. The topological polar surface area (TPSA) is 55.8 Å². The zero-order valence-electron chi connectivity index (χ0n) is 12.2. The van der Waals surface area contributed by atoms with Crippen molar-refractivity contribution in [2.75, 3.05) is 14.2 Å². The van der Waals surface area contributed by atoms with Gasteiger partial charge in [0.1, 0.15) is 0 Å². The molecule has 0 aromatic heterocycles. The van der Waals surface area contributed by atoms with Crippen LogP contribution in [0.15, 0.2) is 12.1 Å². The first kappa shape index (κ1) is 15.5. The first-order chi connectivity index (χ1) is 9.73. The highest BCUT2D eigenvalue weighted by atomic mass is 19.3. The van der Waals surface area contributed by atoms with Gasteiger partial charge in [-0.05, 0) is 25.0 Å². The van der Waals surface area contributed by atoms with E-state index in [9.17, 15) is 13.6 Å². The molecule has 1 N–H and O–H groups in total. The van der Waals surface area contributed by atoms with Crippen molar-refractivity contribution < 1.29 is 28.2 Å². The lowest BCUT2D eigenvalue weighted by Crippen LogP contribution is -2.17. The monoisotopic (exact) mass is 300 g/mol. The number of methoxy groups -OCH3 is 2. The number of hydrogen-bond acceptors (Lipinski definition) is 3. The molecule has 4 nitrogen and oxygen atoms in total. The highest BCUT2D eigenvalue weighted by molar-refractivity contribution is 5.71. The first-order valence-electron chi connectivity index (χ1n) is 6.60. The number of benzene rings is 1. The minimum absolute atomic E-state index is 0.106. The lowest BCUT2D eigenvalue weighted by Gasteiger charge is -2.22. The normalized spacial score (nSPS) is 16.4. The van der Waals surface area contributed by atoms with Gasteiger partial charge in [0.15, 0.2) is 11.5 Å². The Morgan fingerprint density at radius 1 is 1.33 bits per heavy atom. The van der Waals surface area contributed by atoms with Crippen LogP contribution in [0.25, 0.3) is 0 Å². The molecule has 1 aromatic rings. The number of carboxylic acid groups (broad SMARTS) is 1. The molecule has 0 aliphatic heterocycles. The minimum atomic E-state index is -3.03. The number of hydrogen-bond donors (Lipinski definition) is 1. The fourth-order valence-corrected chi connectivity index (χ4v) is 2.59. The molecular formula is C15H18F2O4. The number of aliphatic carboxylic acids is 1. The molecule has 0 atom stereocenters. The van der Waals surface area contributed by atoms with E-state index in [1.165, 1.54) is 26.4 Å². The van der Waals surface area contributed by atoms with Crippen molar-refractivity contribution in [3.8, 4) is 11.5 Å². The van der Waals surface area contributed by atoms with E-state index in [1.807, 2.05) is 0 Å². The van der Waals surface area contributed by atoms with Gasteiger partial charge in [0.25, 0.3) is 5.92 Å². The summed E-state index contributed by atoms with van der Waals surface area (Å²) in [6, 6.07) is 2.58. The van der Waals surface area contributed by atoms with E-state index >= 15 is 0 Å². The Balaban J connectivity index is 2.60. The lowest BCUT2D eigenvalue weighted by molar-refractivity contribution is -0.137. The molecular weight excluding hydrogens is 282 g/mol. The smallest absolute Gasteiger partial charge is 0.304 e. The van der Waals surface area contributed by atoms with Crippen LogP contribution < -0.4 is 9.47 Å². The Morgan fingerprint density at radius 3 is 2.33 bits per heavy atom. The third-order valence-electron chi connectivity index (χ3n) is 3.90. The average molecular weight is 300 g/mol. The van der Waals surface area contributed by atoms with Crippen LogP contribution >= 0.6 is 0 Å². The van der Waals surface area contributed by atoms with Crippen molar-refractivity contribution in [1.29, 1.82) is 0 Å². The van der Waals surface area contributed by atoms with Gasteiger partial charge in [-0.3, -0.25) is 4.79 Å². The number of halogens is 2. The van der Waals surface area contributed by atoms with E-state index in [0.29, 0.717) is 24.2 Å². The highest BCUT2D eigenvalue weighted by Crippen LogP contribution is 2.56. The number of carbonyl (C=O) groups is 1. The predicted octanol–water partition coefficient (Wildman–Crippen LogP) is 3.32. The average Bonchev–Trinajstić information content (AvgIpc) is 3.15. The van der Waals surface area contributed by atoms with Gasteiger partial charge in [-0.25, -0.2) is 8.78 Å². The first-order valence-corrected chi connectivity index (χ1v) is 6.60. The summed E-state index contributed by atoms with van der Waals surface area (Å²) in [4.78, 5) is 11.0. The molecule has 1 aliphatic carbocycles. The SMILES string of the molecule is COc1cc(C(C)(F)F)cc(C2(CC(=O)O)CC2)c1OC.